The van der Waals surface area contributed by atoms with Gasteiger partial charge in [0.2, 0.25) is 0 Å². The van der Waals surface area contributed by atoms with E-state index in [1.807, 2.05) is 18.2 Å². The van der Waals surface area contributed by atoms with Gasteiger partial charge >= 0.3 is 0 Å². The molecular weight excluding hydrogens is 186 g/mol. The van der Waals surface area contributed by atoms with Crippen molar-refractivity contribution in [3.63, 3.8) is 0 Å². The molecule has 0 aliphatic rings. The Hall–Kier alpha value is -1.02. The molecule has 2 atom stereocenters. The predicted octanol–water partition coefficient (Wildman–Crippen LogP) is 3.23. The number of rotatable bonds is 5. The second-order valence-corrected chi connectivity index (χ2v) is 4.14. The summed E-state index contributed by atoms with van der Waals surface area (Å²) in [5, 5.41) is 13.2. The number of hydrogen-bond acceptors (Lipinski definition) is 2. The van der Waals surface area contributed by atoms with Crippen molar-refractivity contribution < 1.29 is 5.11 Å². The summed E-state index contributed by atoms with van der Waals surface area (Å²) in [5.41, 5.74) is 0.973. The molecule has 0 spiro atoms. The topological polar surface area (TPSA) is 32.3 Å². The Balaban J connectivity index is 2.61. The van der Waals surface area contributed by atoms with Gasteiger partial charge in [-0.05, 0) is 26.3 Å². The molecule has 2 unspecified atom stereocenters. The van der Waals surface area contributed by atoms with E-state index in [2.05, 4.69) is 26.1 Å². The van der Waals surface area contributed by atoms with Crippen molar-refractivity contribution >= 4 is 0 Å². The maximum Gasteiger partial charge on any atom is 0.120 e. The van der Waals surface area contributed by atoms with Gasteiger partial charge < -0.3 is 10.4 Å². The van der Waals surface area contributed by atoms with Crippen molar-refractivity contribution in [3.05, 3.63) is 29.8 Å². The highest BCUT2D eigenvalue weighted by Crippen LogP contribution is 2.23. The minimum absolute atomic E-state index is 0.202. The molecule has 0 saturated heterocycles. The van der Waals surface area contributed by atoms with E-state index in [1.165, 1.54) is 6.42 Å². The summed E-state index contributed by atoms with van der Waals surface area (Å²) in [6, 6.07) is 8.19. The fourth-order valence-corrected chi connectivity index (χ4v) is 1.89. The molecule has 0 fully saturated rings. The third kappa shape index (κ3) is 3.56. The van der Waals surface area contributed by atoms with E-state index in [9.17, 15) is 5.11 Å². The zero-order chi connectivity index (χ0) is 11.3. The van der Waals surface area contributed by atoms with Crippen LogP contribution in [-0.4, -0.2) is 11.1 Å². The number of hydrogen-bond donors (Lipinski definition) is 2. The maximum absolute atomic E-state index is 9.68. The lowest BCUT2D eigenvalue weighted by atomic mass is 10.1. The van der Waals surface area contributed by atoms with Crippen LogP contribution in [0.3, 0.4) is 0 Å². The summed E-state index contributed by atoms with van der Waals surface area (Å²) < 4.78 is 0. The van der Waals surface area contributed by atoms with Crippen LogP contribution in [0, 0.1) is 0 Å². The van der Waals surface area contributed by atoms with E-state index in [4.69, 9.17) is 0 Å². The van der Waals surface area contributed by atoms with Gasteiger partial charge in [-0.15, -0.1) is 0 Å². The smallest absolute Gasteiger partial charge is 0.120 e. The first-order chi connectivity index (χ1) is 7.15. The molecule has 0 bridgehead atoms. The molecule has 0 aliphatic carbocycles. The van der Waals surface area contributed by atoms with Gasteiger partial charge in [0, 0.05) is 17.6 Å². The zero-order valence-corrected chi connectivity index (χ0v) is 9.83. The van der Waals surface area contributed by atoms with E-state index in [0.29, 0.717) is 11.8 Å². The molecule has 15 heavy (non-hydrogen) atoms. The lowest BCUT2D eigenvalue weighted by molar-refractivity contribution is 0.423. The van der Waals surface area contributed by atoms with Crippen LogP contribution in [0.1, 0.15) is 45.2 Å². The second-order valence-electron chi connectivity index (χ2n) is 4.14. The Kier molecular flexibility index (Phi) is 4.63. The molecule has 2 N–H and O–H groups in total. The van der Waals surface area contributed by atoms with Crippen molar-refractivity contribution in [2.75, 3.05) is 0 Å². The molecular formula is C13H21NO. The standard InChI is InChI=1S/C13H21NO/c1-4-7-10(2)14-11(3)12-8-5-6-9-13(12)15/h5-6,8-11,14-15H,4,7H2,1-3H3. The van der Waals surface area contributed by atoms with Gasteiger partial charge in [-0.25, -0.2) is 0 Å². The van der Waals surface area contributed by atoms with E-state index in [-0.39, 0.29) is 6.04 Å². The molecule has 2 heteroatoms. The second kappa shape index (κ2) is 5.76. The van der Waals surface area contributed by atoms with Crippen LogP contribution in [0.5, 0.6) is 5.75 Å². The molecule has 2 nitrogen and oxygen atoms in total. The minimum Gasteiger partial charge on any atom is -0.508 e. The Morgan fingerprint density at radius 1 is 1.27 bits per heavy atom. The van der Waals surface area contributed by atoms with Gasteiger partial charge in [-0.1, -0.05) is 31.5 Å². The number of para-hydroxylation sites is 1. The lowest BCUT2D eigenvalue weighted by Crippen LogP contribution is -2.28. The predicted molar refractivity (Wildman–Crippen MR) is 64.0 cm³/mol. The Morgan fingerprint density at radius 2 is 1.93 bits per heavy atom. The summed E-state index contributed by atoms with van der Waals surface area (Å²) in [6.07, 6.45) is 2.35. The molecule has 0 radical (unpaired) electrons. The third-order valence-corrected chi connectivity index (χ3v) is 2.66. The van der Waals surface area contributed by atoms with Crippen molar-refractivity contribution in [1.82, 2.24) is 5.32 Å². The monoisotopic (exact) mass is 207 g/mol. The number of aromatic hydroxyl groups is 1. The van der Waals surface area contributed by atoms with Crippen LogP contribution in [0.25, 0.3) is 0 Å². The number of phenols is 1. The Morgan fingerprint density at radius 3 is 2.53 bits per heavy atom. The molecule has 0 aliphatic heterocycles. The van der Waals surface area contributed by atoms with E-state index >= 15 is 0 Å². The summed E-state index contributed by atoms with van der Waals surface area (Å²) in [6.45, 7) is 6.45. The van der Waals surface area contributed by atoms with Crippen LogP contribution in [0.15, 0.2) is 24.3 Å². The van der Waals surface area contributed by atoms with Gasteiger partial charge in [0.15, 0.2) is 0 Å². The highest BCUT2D eigenvalue weighted by atomic mass is 16.3. The van der Waals surface area contributed by atoms with Crippen molar-refractivity contribution in [3.8, 4) is 5.75 Å². The first kappa shape index (κ1) is 12.1. The molecule has 1 aromatic carbocycles. The molecule has 0 heterocycles. The summed E-state index contributed by atoms with van der Waals surface area (Å²) in [5.74, 6) is 0.376. The van der Waals surface area contributed by atoms with Gasteiger partial charge in [0.1, 0.15) is 5.75 Å². The van der Waals surface area contributed by atoms with Gasteiger partial charge in [0.05, 0.1) is 0 Å². The van der Waals surface area contributed by atoms with E-state index in [1.54, 1.807) is 6.07 Å². The average Bonchev–Trinajstić information content (AvgIpc) is 2.18. The van der Waals surface area contributed by atoms with Crippen LogP contribution in [0.2, 0.25) is 0 Å². The quantitative estimate of drug-likeness (QED) is 0.777. The normalized spacial score (nSPS) is 14.9. The fraction of sp³-hybridized carbons (Fsp3) is 0.538. The molecule has 0 amide bonds. The first-order valence-electron chi connectivity index (χ1n) is 5.69. The van der Waals surface area contributed by atoms with Gasteiger partial charge in [-0.3, -0.25) is 0 Å². The summed E-state index contributed by atoms with van der Waals surface area (Å²) in [7, 11) is 0. The van der Waals surface area contributed by atoms with Crippen molar-refractivity contribution in [1.29, 1.82) is 0 Å². The largest absolute Gasteiger partial charge is 0.508 e. The highest BCUT2D eigenvalue weighted by molar-refractivity contribution is 5.34. The van der Waals surface area contributed by atoms with Crippen molar-refractivity contribution in [2.24, 2.45) is 0 Å². The molecule has 1 aromatic rings. The molecule has 0 aromatic heterocycles. The molecule has 0 saturated carbocycles. The number of benzene rings is 1. The summed E-state index contributed by atoms with van der Waals surface area (Å²) >= 11 is 0. The highest BCUT2D eigenvalue weighted by Gasteiger charge is 2.11. The van der Waals surface area contributed by atoms with Gasteiger partial charge in [0.25, 0.3) is 0 Å². The lowest BCUT2D eigenvalue weighted by Gasteiger charge is -2.20. The van der Waals surface area contributed by atoms with E-state index in [0.717, 1.165) is 12.0 Å². The summed E-state index contributed by atoms with van der Waals surface area (Å²) in [4.78, 5) is 0. The van der Waals surface area contributed by atoms with Crippen molar-refractivity contribution in [2.45, 2.75) is 45.7 Å². The Labute approximate surface area is 92.3 Å². The van der Waals surface area contributed by atoms with Crippen LogP contribution in [0.4, 0.5) is 0 Å². The van der Waals surface area contributed by atoms with Crippen LogP contribution < -0.4 is 5.32 Å². The first-order valence-corrected chi connectivity index (χ1v) is 5.69. The number of phenolic OH excluding ortho intramolecular Hbond substituents is 1. The fourth-order valence-electron chi connectivity index (χ4n) is 1.89. The van der Waals surface area contributed by atoms with Crippen LogP contribution in [-0.2, 0) is 0 Å². The molecule has 1 rings (SSSR count). The maximum atomic E-state index is 9.68. The minimum atomic E-state index is 0.202. The Bertz CT molecular complexity index is 298. The SMILES string of the molecule is CCCC(C)NC(C)c1ccccc1O. The third-order valence-electron chi connectivity index (χ3n) is 2.66. The van der Waals surface area contributed by atoms with Gasteiger partial charge in [-0.2, -0.15) is 0 Å². The van der Waals surface area contributed by atoms with E-state index < -0.39 is 0 Å². The average molecular weight is 207 g/mol. The van der Waals surface area contributed by atoms with Crippen LogP contribution >= 0.6 is 0 Å². The zero-order valence-electron chi connectivity index (χ0n) is 9.83. The molecule has 84 valence electrons. The number of nitrogens with one attached hydrogen (secondary N) is 1.